The quantitative estimate of drug-likeness (QED) is 0.849. The highest BCUT2D eigenvalue weighted by Gasteiger charge is 2.36. The van der Waals surface area contributed by atoms with Crippen LogP contribution in [-0.4, -0.2) is 19.7 Å². The van der Waals surface area contributed by atoms with E-state index in [1.54, 1.807) is 13.8 Å². The Hall–Kier alpha value is -0.0900. The van der Waals surface area contributed by atoms with E-state index in [1.165, 1.54) is 6.42 Å². The third-order valence-corrected chi connectivity index (χ3v) is 5.69. The second-order valence-electron chi connectivity index (χ2n) is 6.58. The third-order valence-electron chi connectivity index (χ3n) is 3.81. The maximum absolute atomic E-state index is 12.0. The lowest BCUT2D eigenvalue weighted by Gasteiger charge is -2.40. The van der Waals surface area contributed by atoms with Gasteiger partial charge in [-0.25, -0.2) is 13.1 Å². The van der Waals surface area contributed by atoms with Gasteiger partial charge in [-0.15, -0.1) is 0 Å². The summed E-state index contributed by atoms with van der Waals surface area (Å²) in [6.45, 7) is 10.1. The van der Waals surface area contributed by atoms with Crippen LogP contribution in [0.5, 0.6) is 0 Å². The first kappa shape index (κ1) is 15.0. The zero-order valence-corrected chi connectivity index (χ0v) is 12.6. The third kappa shape index (κ3) is 3.95. The van der Waals surface area contributed by atoms with E-state index in [0.29, 0.717) is 5.92 Å². The molecule has 1 fully saturated rings. The van der Waals surface area contributed by atoms with Crippen molar-refractivity contribution >= 4 is 10.0 Å². The summed E-state index contributed by atoms with van der Waals surface area (Å²) in [5, 5.41) is -0.343. The molecule has 0 aromatic carbocycles. The molecule has 0 aromatic heterocycles. The normalized spacial score (nSPS) is 27.4. The van der Waals surface area contributed by atoms with E-state index in [0.717, 1.165) is 19.3 Å². The van der Waals surface area contributed by atoms with Gasteiger partial charge in [-0.2, -0.15) is 0 Å². The number of rotatable bonds is 3. The largest absolute Gasteiger partial charge is 0.214 e. The molecule has 1 saturated carbocycles. The molecule has 1 rings (SSSR count). The van der Waals surface area contributed by atoms with Crippen molar-refractivity contribution in [2.45, 2.75) is 71.6 Å². The van der Waals surface area contributed by atoms with Gasteiger partial charge >= 0.3 is 0 Å². The van der Waals surface area contributed by atoms with Crippen LogP contribution >= 0.6 is 0 Å². The van der Waals surface area contributed by atoms with Crippen LogP contribution in [0.2, 0.25) is 0 Å². The first-order valence-corrected chi connectivity index (χ1v) is 8.20. The summed E-state index contributed by atoms with van der Waals surface area (Å²) in [5.41, 5.74) is 0.171. The predicted molar refractivity (Wildman–Crippen MR) is 72.4 cm³/mol. The lowest BCUT2D eigenvalue weighted by molar-refractivity contribution is 0.144. The van der Waals surface area contributed by atoms with Crippen molar-refractivity contribution in [3.8, 4) is 0 Å². The molecule has 1 aliphatic rings. The van der Waals surface area contributed by atoms with E-state index < -0.39 is 10.0 Å². The van der Waals surface area contributed by atoms with E-state index in [2.05, 4.69) is 25.5 Å². The zero-order valence-electron chi connectivity index (χ0n) is 11.8. The minimum atomic E-state index is -3.14. The van der Waals surface area contributed by atoms with Crippen molar-refractivity contribution in [2.75, 3.05) is 0 Å². The van der Waals surface area contributed by atoms with Crippen molar-refractivity contribution < 1.29 is 8.42 Å². The van der Waals surface area contributed by atoms with Crippen molar-refractivity contribution in [1.82, 2.24) is 4.72 Å². The minimum Gasteiger partial charge on any atom is -0.212 e. The average molecular weight is 261 g/mol. The summed E-state index contributed by atoms with van der Waals surface area (Å²) >= 11 is 0. The Kier molecular flexibility index (Phi) is 4.64. The molecule has 0 heterocycles. The highest BCUT2D eigenvalue weighted by atomic mass is 32.2. The molecule has 0 aromatic rings. The molecular weight excluding hydrogens is 234 g/mol. The van der Waals surface area contributed by atoms with Gasteiger partial charge in [-0.05, 0) is 38.0 Å². The van der Waals surface area contributed by atoms with E-state index in [-0.39, 0.29) is 16.7 Å². The predicted octanol–water partition coefficient (Wildman–Crippen LogP) is 2.92. The van der Waals surface area contributed by atoms with E-state index in [1.807, 2.05) is 0 Å². The van der Waals surface area contributed by atoms with Crippen LogP contribution < -0.4 is 4.72 Å². The second-order valence-corrected chi connectivity index (χ2v) is 8.84. The fraction of sp³-hybridized carbons (Fsp3) is 1.00. The maximum Gasteiger partial charge on any atom is 0.214 e. The van der Waals surface area contributed by atoms with Crippen molar-refractivity contribution in [3.05, 3.63) is 0 Å². The monoisotopic (exact) mass is 261 g/mol. The van der Waals surface area contributed by atoms with E-state index in [4.69, 9.17) is 0 Å². The first-order valence-electron chi connectivity index (χ1n) is 6.66. The first-order chi connectivity index (χ1) is 7.64. The standard InChI is InChI=1S/C13H27NO2S/c1-10(2)17(15,16)14-12-9-7-6-8-11(12)13(3,4)5/h10-12,14H,6-9H2,1-5H3. The van der Waals surface area contributed by atoms with Crippen LogP contribution in [0.25, 0.3) is 0 Å². The minimum absolute atomic E-state index is 0.121. The Morgan fingerprint density at radius 3 is 2.12 bits per heavy atom. The summed E-state index contributed by atoms with van der Waals surface area (Å²) in [5.74, 6) is 0.449. The summed E-state index contributed by atoms with van der Waals surface area (Å²) in [4.78, 5) is 0. The Balaban J connectivity index is 2.80. The van der Waals surface area contributed by atoms with E-state index >= 15 is 0 Å². The van der Waals surface area contributed by atoms with Gasteiger partial charge in [0, 0.05) is 6.04 Å². The molecule has 1 aliphatic carbocycles. The van der Waals surface area contributed by atoms with Gasteiger partial charge in [0.25, 0.3) is 0 Å². The molecule has 0 aliphatic heterocycles. The van der Waals surface area contributed by atoms with E-state index in [9.17, 15) is 8.42 Å². The summed E-state index contributed by atoms with van der Waals surface area (Å²) in [7, 11) is -3.14. The van der Waals surface area contributed by atoms with Gasteiger partial charge in [0.15, 0.2) is 0 Å². The molecule has 102 valence electrons. The van der Waals surface area contributed by atoms with Gasteiger partial charge in [0.1, 0.15) is 0 Å². The van der Waals surface area contributed by atoms with Crippen LogP contribution in [0.4, 0.5) is 0 Å². The van der Waals surface area contributed by atoms with Crippen molar-refractivity contribution in [1.29, 1.82) is 0 Å². The number of sulfonamides is 1. The van der Waals surface area contributed by atoms with Crippen molar-refractivity contribution in [2.24, 2.45) is 11.3 Å². The molecule has 0 spiro atoms. The molecule has 0 amide bonds. The zero-order chi connectivity index (χ0) is 13.3. The smallest absolute Gasteiger partial charge is 0.212 e. The molecule has 3 nitrogen and oxygen atoms in total. The highest BCUT2D eigenvalue weighted by Crippen LogP contribution is 2.38. The number of hydrogen-bond acceptors (Lipinski definition) is 2. The van der Waals surface area contributed by atoms with Gasteiger partial charge in [0.05, 0.1) is 5.25 Å². The fourth-order valence-corrected chi connectivity index (χ4v) is 3.63. The van der Waals surface area contributed by atoms with Gasteiger partial charge < -0.3 is 0 Å². The summed E-state index contributed by atoms with van der Waals surface area (Å²) in [6.07, 6.45) is 4.47. The highest BCUT2D eigenvalue weighted by molar-refractivity contribution is 7.90. The van der Waals surface area contributed by atoms with Gasteiger partial charge in [-0.3, -0.25) is 0 Å². The van der Waals surface area contributed by atoms with Crippen LogP contribution in [-0.2, 0) is 10.0 Å². The Morgan fingerprint density at radius 1 is 1.12 bits per heavy atom. The van der Waals surface area contributed by atoms with Crippen LogP contribution in [0.1, 0.15) is 60.3 Å². The fourth-order valence-electron chi connectivity index (χ4n) is 2.66. The van der Waals surface area contributed by atoms with Crippen molar-refractivity contribution in [3.63, 3.8) is 0 Å². The number of nitrogens with one attached hydrogen (secondary N) is 1. The molecule has 2 unspecified atom stereocenters. The summed E-state index contributed by atoms with van der Waals surface area (Å²) < 4.78 is 26.8. The molecule has 0 radical (unpaired) electrons. The molecule has 0 bridgehead atoms. The lowest BCUT2D eigenvalue weighted by Crippen LogP contribution is -2.48. The average Bonchev–Trinajstić information content (AvgIpc) is 2.15. The molecular formula is C13H27NO2S. The number of hydrogen-bond donors (Lipinski definition) is 1. The lowest BCUT2D eigenvalue weighted by atomic mass is 9.70. The molecule has 0 saturated heterocycles. The topological polar surface area (TPSA) is 46.2 Å². The second kappa shape index (κ2) is 5.27. The molecule has 17 heavy (non-hydrogen) atoms. The Labute approximate surface area is 106 Å². The molecule has 2 atom stereocenters. The Bertz CT molecular complexity index is 341. The van der Waals surface area contributed by atoms with Crippen LogP contribution in [0.3, 0.4) is 0 Å². The maximum atomic E-state index is 12.0. The molecule has 4 heteroatoms. The summed E-state index contributed by atoms with van der Waals surface area (Å²) in [6, 6.07) is 0.121. The van der Waals surface area contributed by atoms with Crippen LogP contribution in [0.15, 0.2) is 0 Å². The SMILES string of the molecule is CC(C)S(=O)(=O)NC1CCCCC1C(C)(C)C. The van der Waals surface area contributed by atoms with Gasteiger partial charge in [-0.1, -0.05) is 33.6 Å². The van der Waals surface area contributed by atoms with Crippen LogP contribution in [0, 0.1) is 11.3 Å². The Morgan fingerprint density at radius 2 is 1.65 bits per heavy atom. The van der Waals surface area contributed by atoms with Gasteiger partial charge in [0.2, 0.25) is 10.0 Å². The molecule has 1 N–H and O–H groups in total.